The van der Waals surface area contributed by atoms with Gasteiger partial charge in [0.25, 0.3) is 0 Å². The predicted octanol–water partition coefficient (Wildman–Crippen LogP) is 5.89. The van der Waals surface area contributed by atoms with Gasteiger partial charge in [-0.1, -0.05) is 41.5 Å². The molecule has 0 radical (unpaired) electrons. The Kier molecular flexibility index (Phi) is 20.9. The molecule has 0 heterocycles. The summed E-state index contributed by atoms with van der Waals surface area (Å²) in [5, 5.41) is 2.72. The van der Waals surface area contributed by atoms with E-state index in [1.807, 2.05) is 62.3 Å². The summed E-state index contributed by atoms with van der Waals surface area (Å²) >= 11 is 0. The summed E-state index contributed by atoms with van der Waals surface area (Å²) in [5.74, 6) is 0.482. The van der Waals surface area contributed by atoms with E-state index in [2.05, 4.69) is 23.9 Å². The van der Waals surface area contributed by atoms with E-state index in [-0.39, 0.29) is 5.60 Å². The van der Waals surface area contributed by atoms with Crippen LogP contribution in [0.1, 0.15) is 96.9 Å². The molecule has 3 N–H and O–H groups in total. The van der Waals surface area contributed by atoms with Gasteiger partial charge in [0.15, 0.2) is 0 Å². The Morgan fingerprint density at radius 2 is 1.21 bits per heavy atom. The number of carbonyl (C=O) groups excluding carboxylic acids is 2. The van der Waals surface area contributed by atoms with Crippen molar-refractivity contribution in [3.63, 3.8) is 0 Å². The second-order valence-electron chi connectivity index (χ2n) is 8.85. The minimum atomic E-state index is -0.725. The van der Waals surface area contributed by atoms with Crippen molar-refractivity contribution < 1.29 is 23.8 Å². The fourth-order valence-corrected chi connectivity index (χ4v) is 1.34. The molecule has 0 atom stereocenters. The molecule has 7 heteroatoms. The molecule has 0 spiro atoms. The number of alkyl carbamates (subject to hydrolysis) is 1. The fourth-order valence-electron chi connectivity index (χ4n) is 1.34. The number of nitrogens with two attached hydrogens (primary N) is 1. The first kappa shape index (κ1) is 35.0. The summed E-state index contributed by atoms with van der Waals surface area (Å²) in [6, 6.07) is 0. The van der Waals surface area contributed by atoms with Crippen LogP contribution in [0, 0.1) is 5.92 Å². The highest BCUT2D eigenvalue weighted by Gasteiger charge is 2.22. The van der Waals surface area contributed by atoms with E-state index >= 15 is 0 Å². The lowest BCUT2D eigenvalue weighted by molar-refractivity contribution is -0.0311. The largest absolute Gasteiger partial charge is 0.444 e. The molecular weight excluding hydrogens is 372 g/mol. The second kappa shape index (κ2) is 17.4. The van der Waals surface area contributed by atoms with Gasteiger partial charge in [-0.2, -0.15) is 0 Å². The van der Waals surface area contributed by atoms with Crippen molar-refractivity contribution in [3.8, 4) is 0 Å². The standard InChI is InChI=1S/C13H27NO3.C5H11NO2.2C2H6/c1-10(2)8-16-13(6,7)9-14-11(15)17-12(3,4)5;1-5(2,3)8-4(6)7;2*1-2/h10H,8-9H2,1-7H3,(H,14,15);1-3H3,(H2,6,7);2*1-2H3. The summed E-state index contributed by atoms with van der Waals surface area (Å²) in [4.78, 5) is 21.5. The summed E-state index contributed by atoms with van der Waals surface area (Å²) in [7, 11) is 0. The molecule has 0 fully saturated rings. The van der Waals surface area contributed by atoms with Gasteiger partial charge in [0.05, 0.1) is 5.60 Å². The fraction of sp³-hybridized carbons (Fsp3) is 0.909. The zero-order valence-corrected chi connectivity index (χ0v) is 21.6. The van der Waals surface area contributed by atoms with Crippen LogP contribution >= 0.6 is 0 Å². The molecule has 0 saturated heterocycles. The molecule has 0 aliphatic carbocycles. The maximum absolute atomic E-state index is 11.5. The minimum Gasteiger partial charge on any atom is -0.444 e. The molecule has 0 saturated carbocycles. The Morgan fingerprint density at radius 3 is 1.45 bits per heavy atom. The Hall–Kier alpha value is -1.50. The number of hydrogen-bond donors (Lipinski definition) is 2. The molecule has 0 aromatic rings. The number of nitrogens with one attached hydrogen (secondary N) is 1. The number of amides is 2. The van der Waals surface area contributed by atoms with Gasteiger partial charge in [-0.3, -0.25) is 0 Å². The van der Waals surface area contributed by atoms with Gasteiger partial charge in [0.1, 0.15) is 11.2 Å². The van der Waals surface area contributed by atoms with Gasteiger partial charge in [-0.15, -0.1) is 0 Å². The third-order valence-electron chi connectivity index (χ3n) is 2.27. The Labute approximate surface area is 180 Å². The molecule has 0 aliphatic rings. The van der Waals surface area contributed by atoms with Gasteiger partial charge in [-0.25, -0.2) is 9.59 Å². The third-order valence-corrected chi connectivity index (χ3v) is 2.27. The Morgan fingerprint density at radius 1 is 0.828 bits per heavy atom. The Bertz CT molecular complexity index is 408. The molecule has 2 amide bonds. The topological polar surface area (TPSA) is 99.9 Å². The normalized spacial score (nSPS) is 10.9. The minimum absolute atomic E-state index is 0.374. The van der Waals surface area contributed by atoms with Crippen LogP contribution < -0.4 is 11.1 Å². The number of primary amides is 1. The average molecular weight is 423 g/mol. The molecule has 0 aromatic heterocycles. The maximum atomic E-state index is 11.5. The third kappa shape index (κ3) is 37.9. The molecule has 29 heavy (non-hydrogen) atoms. The van der Waals surface area contributed by atoms with E-state index in [1.54, 1.807) is 20.8 Å². The highest BCUT2D eigenvalue weighted by Crippen LogP contribution is 2.11. The molecule has 0 bridgehead atoms. The smallest absolute Gasteiger partial charge is 0.407 e. The first-order valence-corrected chi connectivity index (χ1v) is 10.5. The SMILES string of the molecule is CC.CC.CC(C)(C)OC(N)=O.CC(C)COC(C)(C)CNC(=O)OC(C)(C)C. The van der Waals surface area contributed by atoms with Crippen LogP contribution in [0.3, 0.4) is 0 Å². The molecule has 0 aromatic carbocycles. The lowest BCUT2D eigenvalue weighted by Gasteiger charge is -2.27. The van der Waals surface area contributed by atoms with Gasteiger partial charge < -0.3 is 25.3 Å². The van der Waals surface area contributed by atoms with Crippen molar-refractivity contribution in [3.05, 3.63) is 0 Å². The van der Waals surface area contributed by atoms with Gasteiger partial charge >= 0.3 is 12.2 Å². The van der Waals surface area contributed by atoms with Crippen molar-refractivity contribution in [2.75, 3.05) is 13.2 Å². The number of carbonyl (C=O) groups is 2. The Balaban J connectivity index is -0.000000218. The predicted molar refractivity (Wildman–Crippen MR) is 122 cm³/mol. The van der Waals surface area contributed by atoms with Crippen LogP contribution in [0.4, 0.5) is 9.59 Å². The van der Waals surface area contributed by atoms with E-state index in [4.69, 9.17) is 15.2 Å². The van der Waals surface area contributed by atoms with Crippen molar-refractivity contribution in [2.45, 2.75) is 114 Å². The molecule has 0 unspecified atom stereocenters. The summed E-state index contributed by atoms with van der Waals surface area (Å²) < 4.78 is 15.4. The van der Waals surface area contributed by atoms with E-state index in [0.29, 0.717) is 19.1 Å². The second-order valence-corrected chi connectivity index (χ2v) is 8.85. The summed E-state index contributed by atoms with van der Waals surface area (Å²) in [5.41, 5.74) is 3.43. The van der Waals surface area contributed by atoms with E-state index in [1.165, 1.54) is 0 Å². The monoisotopic (exact) mass is 422 g/mol. The van der Waals surface area contributed by atoms with E-state index < -0.39 is 23.4 Å². The van der Waals surface area contributed by atoms with Gasteiger partial charge in [0, 0.05) is 13.2 Å². The molecule has 178 valence electrons. The quantitative estimate of drug-likeness (QED) is 0.575. The summed E-state index contributed by atoms with van der Waals surface area (Å²) in [6.45, 7) is 28.0. The van der Waals surface area contributed by atoms with Crippen molar-refractivity contribution in [1.82, 2.24) is 5.32 Å². The average Bonchev–Trinajstić information content (AvgIpc) is 2.52. The molecule has 0 aliphatic heterocycles. The van der Waals surface area contributed by atoms with E-state index in [0.717, 1.165) is 0 Å². The lowest BCUT2D eigenvalue weighted by atomic mass is 10.1. The van der Waals surface area contributed by atoms with Crippen molar-refractivity contribution in [2.24, 2.45) is 11.7 Å². The van der Waals surface area contributed by atoms with Crippen LogP contribution in [-0.2, 0) is 14.2 Å². The molecule has 7 nitrogen and oxygen atoms in total. The lowest BCUT2D eigenvalue weighted by Crippen LogP contribution is -2.43. The number of rotatable bonds is 5. The first-order chi connectivity index (χ1) is 12.9. The summed E-state index contributed by atoms with van der Waals surface area (Å²) in [6.07, 6.45) is -1.13. The van der Waals surface area contributed by atoms with Crippen LogP contribution in [-0.4, -0.2) is 42.1 Å². The van der Waals surface area contributed by atoms with Gasteiger partial charge in [-0.05, 0) is 61.3 Å². The van der Waals surface area contributed by atoms with Crippen LogP contribution in [0.2, 0.25) is 0 Å². The van der Waals surface area contributed by atoms with E-state index in [9.17, 15) is 9.59 Å². The highest BCUT2D eigenvalue weighted by molar-refractivity contribution is 5.67. The highest BCUT2D eigenvalue weighted by atomic mass is 16.6. The van der Waals surface area contributed by atoms with Crippen molar-refractivity contribution >= 4 is 12.2 Å². The zero-order chi connectivity index (χ0) is 24.5. The zero-order valence-electron chi connectivity index (χ0n) is 21.6. The van der Waals surface area contributed by atoms with Gasteiger partial charge in [0.2, 0.25) is 0 Å². The van der Waals surface area contributed by atoms with Crippen LogP contribution in [0.25, 0.3) is 0 Å². The molecular formula is C22H50N2O5. The van der Waals surface area contributed by atoms with Crippen LogP contribution in [0.5, 0.6) is 0 Å². The van der Waals surface area contributed by atoms with Crippen LogP contribution in [0.15, 0.2) is 0 Å². The molecule has 0 rings (SSSR count). The number of hydrogen-bond acceptors (Lipinski definition) is 5. The maximum Gasteiger partial charge on any atom is 0.407 e. The first-order valence-electron chi connectivity index (χ1n) is 10.5. The van der Waals surface area contributed by atoms with Crippen molar-refractivity contribution in [1.29, 1.82) is 0 Å². The number of ether oxygens (including phenoxy) is 3.